The highest BCUT2D eigenvalue weighted by atomic mass is 16.6. The Morgan fingerprint density at radius 1 is 1.37 bits per heavy atom. The van der Waals surface area contributed by atoms with Crippen LogP contribution in [0.1, 0.15) is 40.0 Å². The van der Waals surface area contributed by atoms with Crippen LogP contribution in [0.5, 0.6) is 0 Å². The molecule has 19 heavy (non-hydrogen) atoms. The second-order valence-corrected chi connectivity index (χ2v) is 5.82. The fourth-order valence-electron chi connectivity index (χ4n) is 2.21. The Morgan fingerprint density at radius 2 is 2.05 bits per heavy atom. The number of hydrogen-bond acceptors (Lipinski definition) is 3. The number of rotatable bonds is 4. The van der Waals surface area contributed by atoms with Crippen molar-refractivity contribution in [1.29, 1.82) is 0 Å². The SMILES string of the molecule is C=CCNC(=O)[C@@H]1CCC[C@H]1NC(=O)OC(C)(C)C. The van der Waals surface area contributed by atoms with Crippen LogP contribution in [0.4, 0.5) is 4.79 Å². The highest BCUT2D eigenvalue weighted by Crippen LogP contribution is 2.26. The molecule has 0 unspecified atom stereocenters. The molecular weight excluding hydrogens is 244 g/mol. The molecule has 1 aliphatic carbocycles. The predicted octanol–water partition coefficient (Wildman–Crippen LogP) is 1.98. The van der Waals surface area contributed by atoms with Crippen LogP contribution in [0.15, 0.2) is 12.7 Å². The molecule has 2 N–H and O–H groups in total. The monoisotopic (exact) mass is 268 g/mol. The molecule has 0 aromatic heterocycles. The fourth-order valence-corrected chi connectivity index (χ4v) is 2.21. The van der Waals surface area contributed by atoms with Crippen LogP contribution in [-0.4, -0.2) is 30.2 Å². The maximum Gasteiger partial charge on any atom is 0.407 e. The molecule has 1 saturated carbocycles. The molecule has 0 aliphatic heterocycles. The van der Waals surface area contributed by atoms with Gasteiger partial charge >= 0.3 is 6.09 Å². The summed E-state index contributed by atoms with van der Waals surface area (Å²) >= 11 is 0. The van der Waals surface area contributed by atoms with E-state index in [0.717, 1.165) is 19.3 Å². The van der Waals surface area contributed by atoms with Crippen molar-refractivity contribution < 1.29 is 14.3 Å². The number of hydrogen-bond donors (Lipinski definition) is 2. The summed E-state index contributed by atoms with van der Waals surface area (Å²) < 4.78 is 5.21. The van der Waals surface area contributed by atoms with Gasteiger partial charge in [-0.2, -0.15) is 0 Å². The van der Waals surface area contributed by atoms with Crippen LogP contribution in [0.25, 0.3) is 0 Å². The van der Waals surface area contributed by atoms with Crippen molar-refractivity contribution in [2.45, 2.75) is 51.7 Å². The molecule has 0 heterocycles. The summed E-state index contributed by atoms with van der Waals surface area (Å²) in [5.74, 6) is -0.203. The summed E-state index contributed by atoms with van der Waals surface area (Å²) in [5.41, 5.74) is -0.525. The zero-order valence-electron chi connectivity index (χ0n) is 12.0. The number of amides is 2. The van der Waals surface area contributed by atoms with E-state index in [4.69, 9.17) is 4.74 Å². The van der Waals surface area contributed by atoms with E-state index >= 15 is 0 Å². The van der Waals surface area contributed by atoms with Gasteiger partial charge in [-0.1, -0.05) is 12.5 Å². The van der Waals surface area contributed by atoms with Gasteiger partial charge < -0.3 is 15.4 Å². The van der Waals surface area contributed by atoms with Crippen molar-refractivity contribution in [3.63, 3.8) is 0 Å². The van der Waals surface area contributed by atoms with E-state index in [1.165, 1.54) is 0 Å². The van der Waals surface area contributed by atoms with Gasteiger partial charge in [0.15, 0.2) is 0 Å². The highest BCUT2D eigenvalue weighted by Gasteiger charge is 2.34. The Kier molecular flexibility index (Phi) is 5.39. The standard InChI is InChI=1S/C14H24N2O3/c1-5-9-15-12(17)10-7-6-8-11(10)16-13(18)19-14(2,3)4/h5,10-11H,1,6-9H2,2-4H3,(H,15,17)(H,16,18)/t10-,11-/m1/s1. The first-order valence-corrected chi connectivity index (χ1v) is 6.71. The van der Waals surface area contributed by atoms with Gasteiger partial charge in [0.05, 0.1) is 5.92 Å². The molecule has 2 amide bonds. The Labute approximate surface area is 114 Å². The molecule has 0 radical (unpaired) electrons. The summed E-state index contributed by atoms with van der Waals surface area (Å²) in [5, 5.41) is 5.57. The van der Waals surface area contributed by atoms with E-state index in [0.29, 0.717) is 6.54 Å². The largest absolute Gasteiger partial charge is 0.444 e. The van der Waals surface area contributed by atoms with Gasteiger partial charge in [0.2, 0.25) is 5.91 Å². The first-order valence-electron chi connectivity index (χ1n) is 6.71. The smallest absolute Gasteiger partial charge is 0.407 e. The topological polar surface area (TPSA) is 67.4 Å². The first-order chi connectivity index (χ1) is 8.83. The maximum atomic E-state index is 11.9. The van der Waals surface area contributed by atoms with E-state index < -0.39 is 11.7 Å². The summed E-state index contributed by atoms with van der Waals surface area (Å²) in [4.78, 5) is 23.6. The molecule has 0 bridgehead atoms. The third-order valence-corrected chi connectivity index (χ3v) is 2.98. The van der Waals surface area contributed by atoms with E-state index in [-0.39, 0.29) is 17.9 Å². The van der Waals surface area contributed by atoms with Crippen molar-refractivity contribution in [2.24, 2.45) is 5.92 Å². The van der Waals surface area contributed by atoms with Crippen molar-refractivity contribution in [3.8, 4) is 0 Å². The van der Waals surface area contributed by atoms with Crippen molar-refractivity contribution in [2.75, 3.05) is 6.54 Å². The minimum Gasteiger partial charge on any atom is -0.444 e. The molecule has 2 atom stereocenters. The molecule has 1 fully saturated rings. The number of nitrogens with one attached hydrogen (secondary N) is 2. The molecule has 108 valence electrons. The predicted molar refractivity (Wildman–Crippen MR) is 73.7 cm³/mol. The second-order valence-electron chi connectivity index (χ2n) is 5.82. The molecule has 0 aromatic rings. The van der Waals surface area contributed by atoms with Gasteiger partial charge in [-0.3, -0.25) is 4.79 Å². The first kappa shape index (κ1) is 15.5. The van der Waals surface area contributed by atoms with Crippen LogP contribution < -0.4 is 10.6 Å². The normalized spacial score (nSPS) is 22.7. The van der Waals surface area contributed by atoms with E-state index in [9.17, 15) is 9.59 Å². The van der Waals surface area contributed by atoms with Crippen molar-refractivity contribution >= 4 is 12.0 Å². The van der Waals surface area contributed by atoms with Crippen LogP contribution in [0.2, 0.25) is 0 Å². The third-order valence-electron chi connectivity index (χ3n) is 2.98. The highest BCUT2D eigenvalue weighted by molar-refractivity contribution is 5.80. The molecule has 1 rings (SSSR count). The number of alkyl carbamates (subject to hydrolysis) is 1. The molecule has 0 spiro atoms. The molecular formula is C14H24N2O3. The lowest BCUT2D eigenvalue weighted by Gasteiger charge is -2.24. The Balaban J connectivity index is 2.50. The molecule has 1 aliphatic rings. The lowest BCUT2D eigenvalue weighted by molar-refractivity contribution is -0.125. The second kappa shape index (κ2) is 6.59. The van der Waals surface area contributed by atoms with Crippen molar-refractivity contribution in [3.05, 3.63) is 12.7 Å². The van der Waals surface area contributed by atoms with Crippen molar-refractivity contribution in [1.82, 2.24) is 10.6 Å². The minimum absolute atomic E-state index is 0.0292. The summed E-state index contributed by atoms with van der Waals surface area (Å²) in [7, 11) is 0. The Hall–Kier alpha value is -1.52. The van der Waals surface area contributed by atoms with E-state index in [2.05, 4.69) is 17.2 Å². The van der Waals surface area contributed by atoms with Crippen LogP contribution in [-0.2, 0) is 9.53 Å². The fraction of sp³-hybridized carbons (Fsp3) is 0.714. The Bertz CT molecular complexity index is 347. The lowest BCUT2D eigenvalue weighted by atomic mass is 10.0. The number of carbonyl (C=O) groups excluding carboxylic acids is 2. The van der Waals surface area contributed by atoms with Crippen LogP contribution in [0.3, 0.4) is 0 Å². The van der Waals surface area contributed by atoms with Crippen LogP contribution >= 0.6 is 0 Å². The number of carbonyl (C=O) groups is 2. The molecule has 5 nitrogen and oxygen atoms in total. The average molecular weight is 268 g/mol. The lowest BCUT2D eigenvalue weighted by Crippen LogP contribution is -2.45. The van der Waals surface area contributed by atoms with E-state index in [1.807, 2.05) is 20.8 Å². The summed E-state index contributed by atoms with van der Waals surface area (Å²) in [6.07, 6.45) is 3.73. The molecule has 0 saturated heterocycles. The van der Waals surface area contributed by atoms with Gasteiger partial charge in [0, 0.05) is 12.6 Å². The Morgan fingerprint density at radius 3 is 2.63 bits per heavy atom. The zero-order chi connectivity index (χ0) is 14.5. The van der Waals surface area contributed by atoms with Gasteiger partial charge in [0.1, 0.15) is 5.60 Å². The van der Waals surface area contributed by atoms with Crippen LogP contribution in [0, 0.1) is 5.92 Å². The van der Waals surface area contributed by atoms with Gasteiger partial charge in [-0.15, -0.1) is 6.58 Å². The molecule has 5 heteroatoms. The number of ether oxygens (including phenoxy) is 1. The summed E-state index contributed by atoms with van der Waals surface area (Å²) in [6.45, 7) is 9.46. The quantitative estimate of drug-likeness (QED) is 0.766. The van der Waals surface area contributed by atoms with Gasteiger partial charge in [-0.25, -0.2) is 4.79 Å². The van der Waals surface area contributed by atoms with Gasteiger partial charge in [0.25, 0.3) is 0 Å². The average Bonchev–Trinajstić information content (AvgIpc) is 2.71. The molecule has 0 aromatic carbocycles. The van der Waals surface area contributed by atoms with Gasteiger partial charge in [-0.05, 0) is 33.6 Å². The maximum absolute atomic E-state index is 11.9. The van der Waals surface area contributed by atoms with E-state index in [1.54, 1.807) is 6.08 Å². The summed E-state index contributed by atoms with van der Waals surface area (Å²) in [6, 6.07) is -0.139. The minimum atomic E-state index is -0.525. The third kappa shape index (κ3) is 5.32. The zero-order valence-corrected chi connectivity index (χ0v) is 12.0.